The van der Waals surface area contributed by atoms with Gasteiger partial charge in [-0.2, -0.15) is 0 Å². The lowest BCUT2D eigenvalue weighted by atomic mass is 9.84. The number of H-pyrrole nitrogens is 1. The molecule has 2 bridgehead atoms. The Balaban J connectivity index is 1.98. The van der Waals surface area contributed by atoms with Crippen molar-refractivity contribution in [1.82, 2.24) is 4.98 Å². The average molecular weight is 243 g/mol. The van der Waals surface area contributed by atoms with Crippen LogP contribution in [0.3, 0.4) is 0 Å². The maximum atomic E-state index is 5.22. The highest BCUT2D eigenvalue weighted by atomic mass is 16.6. The number of para-hydroxylation sites is 1. The van der Waals surface area contributed by atoms with Gasteiger partial charge in [0.2, 0.25) is 0 Å². The van der Waals surface area contributed by atoms with Gasteiger partial charge in [0.15, 0.2) is 0 Å². The summed E-state index contributed by atoms with van der Waals surface area (Å²) in [6.07, 6.45) is 2.58. The minimum atomic E-state index is 0.460. The van der Waals surface area contributed by atoms with Crippen molar-refractivity contribution in [2.45, 2.75) is 25.4 Å². The van der Waals surface area contributed by atoms with E-state index in [0.29, 0.717) is 6.61 Å². The van der Waals surface area contributed by atoms with Crippen molar-refractivity contribution in [3.05, 3.63) is 29.3 Å². The first-order valence-electron chi connectivity index (χ1n) is 6.58. The predicted octanol–water partition coefficient (Wildman–Crippen LogP) is 2.26. The van der Waals surface area contributed by atoms with Gasteiger partial charge >= 0.3 is 0 Å². The van der Waals surface area contributed by atoms with Crippen molar-refractivity contribution >= 4 is 16.7 Å². The molecule has 2 aromatic rings. The van der Waals surface area contributed by atoms with Gasteiger partial charge in [-0.3, -0.25) is 4.84 Å². The van der Waals surface area contributed by atoms with Crippen LogP contribution in [-0.4, -0.2) is 18.1 Å². The van der Waals surface area contributed by atoms with Crippen molar-refractivity contribution in [1.29, 1.82) is 0 Å². The molecule has 3 aliphatic heterocycles. The van der Waals surface area contributed by atoms with Gasteiger partial charge in [-0.05, 0) is 18.8 Å². The monoisotopic (exact) mass is 243 g/mol. The second-order valence-corrected chi connectivity index (χ2v) is 5.30. The van der Waals surface area contributed by atoms with E-state index >= 15 is 0 Å². The molecular weight excluding hydrogens is 226 g/mol. The summed E-state index contributed by atoms with van der Waals surface area (Å²) < 4.78 is 0. The summed E-state index contributed by atoms with van der Waals surface area (Å²) in [7, 11) is 0. The van der Waals surface area contributed by atoms with E-state index in [1.54, 1.807) is 0 Å². The van der Waals surface area contributed by atoms with Crippen LogP contribution in [0.25, 0.3) is 10.9 Å². The maximum absolute atomic E-state index is 5.22. The number of hydrogen-bond donors (Lipinski definition) is 2. The number of hydrogen-bond acceptors (Lipinski definition) is 3. The summed E-state index contributed by atoms with van der Waals surface area (Å²) in [4.78, 5) is 10.9. The van der Waals surface area contributed by atoms with Crippen molar-refractivity contribution in [3.63, 3.8) is 0 Å². The molecule has 4 heterocycles. The quantitative estimate of drug-likeness (QED) is 0.795. The number of anilines is 1. The van der Waals surface area contributed by atoms with E-state index in [0.717, 1.165) is 11.5 Å². The number of rotatable bonds is 2. The van der Waals surface area contributed by atoms with Gasteiger partial charge in [-0.25, -0.2) is 5.90 Å². The first-order valence-corrected chi connectivity index (χ1v) is 6.58. The zero-order valence-electron chi connectivity index (χ0n) is 10.3. The zero-order valence-corrected chi connectivity index (χ0v) is 10.3. The predicted molar refractivity (Wildman–Crippen MR) is 71.5 cm³/mol. The van der Waals surface area contributed by atoms with Crippen LogP contribution >= 0.6 is 0 Å². The van der Waals surface area contributed by atoms with Gasteiger partial charge in [-0.15, -0.1) is 0 Å². The van der Waals surface area contributed by atoms with E-state index in [2.05, 4.69) is 28.1 Å². The van der Waals surface area contributed by atoms with Crippen molar-refractivity contribution in [2.24, 2.45) is 5.90 Å². The highest BCUT2D eigenvalue weighted by Crippen LogP contribution is 2.46. The van der Waals surface area contributed by atoms with E-state index in [9.17, 15) is 0 Å². The Hall–Kier alpha value is -1.52. The normalized spacial score (nSPS) is 18.6. The molecule has 0 unspecified atom stereocenters. The standard InChI is InChI=1S/C14H17N3O/c15-18-8-10-2-1-3-11-12-9-4-6-17(7-5-9)14(12)16-13(10)11/h1-3,9,16H,4-8,15H2. The van der Waals surface area contributed by atoms with Gasteiger partial charge in [0.05, 0.1) is 12.1 Å². The summed E-state index contributed by atoms with van der Waals surface area (Å²) in [5.74, 6) is 7.28. The fraction of sp³-hybridized carbons (Fsp3) is 0.429. The Morgan fingerprint density at radius 2 is 2.17 bits per heavy atom. The smallest absolute Gasteiger partial charge is 0.110 e. The molecule has 1 aromatic heterocycles. The Morgan fingerprint density at radius 1 is 1.33 bits per heavy atom. The van der Waals surface area contributed by atoms with Gasteiger partial charge in [-0.1, -0.05) is 18.2 Å². The van der Waals surface area contributed by atoms with Crippen molar-refractivity contribution in [3.8, 4) is 0 Å². The summed E-state index contributed by atoms with van der Waals surface area (Å²) in [6, 6.07) is 6.39. The number of nitrogens with two attached hydrogens (primary N) is 1. The van der Waals surface area contributed by atoms with E-state index in [1.165, 1.54) is 48.2 Å². The van der Waals surface area contributed by atoms with Gasteiger partial charge in [0.1, 0.15) is 5.82 Å². The third kappa shape index (κ3) is 1.27. The molecule has 1 fully saturated rings. The number of benzene rings is 1. The third-order valence-electron chi connectivity index (χ3n) is 4.40. The molecule has 5 rings (SSSR count). The summed E-state index contributed by atoms with van der Waals surface area (Å²) in [5, 5.41) is 1.36. The van der Waals surface area contributed by atoms with E-state index < -0.39 is 0 Å². The number of aromatic amines is 1. The highest BCUT2D eigenvalue weighted by Gasteiger charge is 2.34. The van der Waals surface area contributed by atoms with Gasteiger partial charge in [0.25, 0.3) is 0 Å². The van der Waals surface area contributed by atoms with Crippen LogP contribution in [0.15, 0.2) is 18.2 Å². The Morgan fingerprint density at radius 3 is 2.94 bits per heavy atom. The fourth-order valence-corrected chi connectivity index (χ4v) is 3.55. The molecule has 4 nitrogen and oxygen atoms in total. The lowest BCUT2D eigenvalue weighted by Gasteiger charge is -2.40. The number of piperidine rings is 1. The van der Waals surface area contributed by atoms with Gasteiger partial charge < -0.3 is 9.88 Å². The van der Waals surface area contributed by atoms with E-state index in [1.807, 2.05) is 0 Å². The van der Waals surface area contributed by atoms with Crippen molar-refractivity contribution in [2.75, 3.05) is 18.0 Å². The molecule has 0 saturated carbocycles. The van der Waals surface area contributed by atoms with Crippen molar-refractivity contribution < 1.29 is 4.84 Å². The fourth-order valence-electron chi connectivity index (χ4n) is 3.55. The Kier molecular flexibility index (Phi) is 2.16. The number of nitrogens with zero attached hydrogens (tertiary/aromatic N) is 1. The molecule has 0 radical (unpaired) electrons. The second kappa shape index (κ2) is 3.73. The lowest BCUT2D eigenvalue weighted by molar-refractivity contribution is 0.125. The molecule has 1 aromatic carbocycles. The number of fused-ring (bicyclic) bond motifs is 3. The first-order chi connectivity index (χ1) is 8.88. The molecule has 0 spiro atoms. The van der Waals surface area contributed by atoms with E-state index in [-0.39, 0.29) is 0 Å². The molecule has 18 heavy (non-hydrogen) atoms. The highest BCUT2D eigenvalue weighted by molar-refractivity contribution is 5.92. The first kappa shape index (κ1) is 10.4. The van der Waals surface area contributed by atoms with Crippen LogP contribution < -0.4 is 10.8 Å². The SMILES string of the molecule is NOCc1cccc2c3c([nH]c12)N1CCC3CC1. The summed E-state index contributed by atoms with van der Waals surface area (Å²) >= 11 is 0. The van der Waals surface area contributed by atoms with Crippen LogP contribution in [0.4, 0.5) is 5.82 Å². The number of nitrogens with one attached hydrogen (secondary N) is 1. The van der Waals surface area contributed by atoms with Crippen LogP contribution in [0, 0.1) is 0 Å². The molecule has 4 heteroatoms. The summed E-state index contributed by atoms with van der Waals surface area (Å²) in [6.45, 7) is 2.84. The Labute approximate surface area is 106 Å². The van der Waals surface area contributed by atoms with E-state index in [4.69, 9.17) is 10.7 Å². The molecule has 0 aliphatic carbocycles. The second-order valence-electron chi connectivity index (χ2n) is 5.30. The molecular formula is C14H17N3O. The number of aromatic nitrogens is 1. The molecule has 0 amide bonds. The summed E-state index contributed by atoms with van der Waals surface area (Å²) in [5.41, 5.74) is 3.86. The molecule has 1 saturated heterocycles. The van der Waals surface area contributed by atoms with Crippen LogP contribution in [-0.2, 0) is 11.4 Å². The minimum absolute atomic E-state index is 0.460. The molecule has 0 atom stereocenters. The van der Waals surface area contributed by atoms with Gasteiger partial charge in [0, 0.05) is 29.6 Å². The molecule has 3 aliphatic rings. The average Bonchev–Trinajstić information content (AvgIpc) is 2.83. The van der Waals surface area contributed by atoms with Crippen LogP contribution in [0.5, 0.6) is 0 Å². The Bertz CT molecular complexity index is 596. The third-order valence-corrected chi connectivity index (χ3v) is 4.40. The minimum Gasteiger partial charge on any atom is -0.358 e. The topological polar surface area (TPSA) is 54.3 Å². The molecule has 94 valence electrons. The van der Waals surface area contributed by atoms with Crippen LogP contribution in [0.2, 0.25) is 0 Å². The largest absolute Gasteiger partial charge is 0.358 e. The lowest BCUT2D eigenvalue weighted by Crippen LogP contribution is -2.38. The zero-order chi connectivity index (χ0) is 12.1. The van der Waals surface area contributed by atoms with Crippen LogP contribution in [0.1, 0.15) is 29.9 Å². The molecule has 3 N–H and O–H groups in total. The maximum Gasteiger partial charge on any atom is 0.110 e.